The highest BCUT2D eigenvalue weighted by Gasteiger charge is 2.15. The van der Waals surface area contributed by atoms with Crippen LogP contribution in [0.3, 0.4) is 0 Å². The Labute approximate surface area is 54.2 Å². The monoisotopic (exact) mass is 155 g/mol. The molecule has 0 rings (SSSR count). The third kappa shape index (κ3) is 8.03. The van der Waals surface area contributed by atoms with E-state index in [2.05, 4.69) is 0 Å². The third-order valence-corrected chi connectivity index (χ3v) is 1.86. The average molecular weight is 155 g/mol. The van der Waals surface area contributed by atoms with E-state index in [-0.39, 0.29) is 5.92 Å². The van der Waals surface area contributed by atoms with Crippen molar-refractivity contribution in [1.82, 2.24) is 0 Å². The van der Waals surface area contributed by atoms with Crippen LogP contribution >= 0.6 is 0 Å². The molecule has 0 spiro atoms. The van der Waals surface area contributed by atoms with Gasteiger partial charge in [-0.1, -0.05) is 13.8 Å². The summed E-state index contributed by atoms with van der Waals surface area (Å²) in [5, 5.41) is 0. The van der Waals surface area contributed by atoms with Gasteiger partial charge in [0.1, 0.15) is 0 Å². The van der Waals surface area contributed by atoms with Crippen molar-refractivity contribution in [2.24, 2.45) is 5.92 Å². The Morgan fingerprint density at radius 2 is 1.89 bits per heavy atom. The van der Waals surface area contributed by atoms with E-state index in [1.807, 2.05) is 0 Å². The molecule has 4 nitrogen and oxygen atoms in total. The molecule has 0 aliphatic carbocycles. The summed E-state index contributed by atoms with van der Waals surface area (Å²) in [5.74, 6) is -0.867. The topological polar surface area (TPSA) is 80.6 Å². The predicted octanol–water partition coefficient (Wildman–Crippen LogP) is 0.539. The molecule has 0 fully saturated rings. The first-order chi connectivity index (χ1) is 3.67. The van der Waals surface area contributed by atoms with Gasteiger partial charge in [0.05, 0.1) is 0 Å². The molecule has 58 valence electrons. The second-order valence-corrected chi connectivity index (χ2v) is 4.72. The van der Waals surface area contributed by atoms with Crippen molar-refractivity contribution in [3.63, 3.8) is 0 Å². The second-order valence-electron chi connectivity index (χ2n) is 2.50. The molecule has 0 aliphatic heterocycles. The normalized spacial score (nSPS) is 17.3. The number of hydrogen-bond donors (Lipinski definition) is 2. The van der Waals surface area contributed by atoms with Gasteiger partial charge in [-0.25, -0.2) is 4.21 Å². The minimum atomic E-state index is -5.45. The molecule has 0 aromatic rings. The van der Waals surface area contributed by atoms with E-state index >= 15 is 0 Å². The zero-order valence-electron chi connectivity index (χ0n) is 5.40. The van der Waals surface area contributed by atoms with E-state index in [4.69, 9.17) is 9.11 Å². The van der Waals surface area contributed by atoms with Gasteiger partial charge >= 0.3 is 0 Å². The van der Waals surface area contributed by atoms with Gasteiger partial charge in [0.2, 0.25) is 0 Å². The van der Waals surface area contributed by atoms with Crippen molar-refractivity contribution >= 4 is 9.91 Å². The van der Waals surface area contributed by atoms with E-state index in [0.29, 0.717) is 0 Å². The van der Waals surface area contributed by atoms with Gasteiger partial charge in [-0.15, -0.1) is 0 Å². The fraction of sp³-hybridized carbons (Fsp3) is 1.00. The lowest BCUT2D eigenvalue weighted by Gasteiger charge is -2.37. The van der Waals surface area contributed by atoms with Crippen LogP contribution in [0.4, 0.5) is 0 Å². The molecule has 0 unspecified atom stereocenters. The molecule has 0 atom stereocenters. The standard InChI is InChI=1S/C4H12O4S/c1-4(2)3-9(5,6,7)8/h4H,3H2,1-2H3,(H3,5,6,7,8)/p-1. The van der Waals surface area contributed by atoms with Crippen molar-refractivity contribution < 1.29 is 17.9 Å². The SMILES string of the molecule is CC(C)CS(=O)([O-])(O)O. The van der Waals surface area contributed by atoms with E-state index in [1.165, 1.54) is 0 Å². The Kier molecular flexibility index (Phi) is 2.02. The summed E-state index contributed by atoms with van der Waals surface area (Å²) in [6, 6.07) is 0. The largest absolute Gasteiger partial charge is 0.750 e. The van der Waals surface area contributed by atoms with Crippen LogP contribution in [-0.4, -0.2) is 23.6 Å². The fourth-order valence-electron chi connectivity index (χ4n) is 0.570. The van der Waals surface area contributed by atoms with Crippen molar-refractivity contribution in [3.05, 3.63) is 0 Å². The van der Waals surface area contributed by atoms with Crippen LogP contribution < -0.4 is 0 Å². The molecule has 0 aromatic heterocycles. The van der Waals surface area contributed by atoms with Crippen molar-refractivity contribution in [3.8, 4) is 0 Å². The summed E-state index contributed by atoms with van der Waals surface area (Å²) in [7, 11) is -5.45. The molecule has 0 bridgehead atoms. The van der Waals surface area contributed by atoms with Crippen LogP contribution in [0.5, 0.6) is 0 Å². The first-order valence-electron chi connectivity index (χ1n) is 2.55. The molecule has 2 N–H and O–H groups in total. The van der Waals surface area contributed by atoms with Crippen molar-refractivity contribution in [1.29, 1.82) is 0 Å². The highest BCUT2D eigenvalue weighted by atomic mass is 32.3. The highest BCUT2D eigenvalue weighted by molar-refractivity contribution is 8.04. The molecule has 0 radical (unpaired) electrons. The van der Waals surface area contributed by atoms with Gasteiger partial charge in [0.15, 0.2) is 0 Å². The molecule has 0 amide bonds. The van der Waals surface area contributed by atoms with Gasteiger partial charge in [0.25, 0.3) is 0 Å². The van der Waals surface area contributed by atoms with Gasteiger partial charge in [-0.2, -0.15) is 0 Å². The Balaban J connectivity index is 4.07. The number of rotatable bonds is 2. The first kappa shape index (κ1) is 9.03. The summed E-state index contributed by atoms with van der Waals surface area (Å²) in [6.45, 7) is 3.16. The zero-order chi connectivity index (χ0) is 7.73. The van der Waals surface area contributed by atoms with Crippen LogP contribution in [0, 0.1) is 5.92 Å². The van der Waals surface area contributed by atoms with E-state index in [0.717, 1.165) is 0 Å². The molecule has 0 saturated heterocycles. The van der Waals surface area contributed by atoms with Gasteiger partial charge < -0.3 is 13.7 Å². The Morgan fingerprint density at radius 3 is 1.89 bits per heavy atom. The summed E-state index contributed by atoms with van der Waals surface area (Å²) >= 11 is 0. The van der Waals surface area contributed by atoms with Crippen LogP contribution in [0.1, 0.15) is 13.8 Å². The van der Waals surface area contributed by atoms with E-state index in [1.54, 1.807) is 13.8 Å². The smallest absolute Gasteiger partial charge is 0.0376 e. The van der Waals surface area contributed by atoms with Crippen LogP contribution in [0.25, 0.3) is 0 Å². The summed E-state index contributed by atoms with van der Waals surface area (Å²) in [4.78, 5) is 0. The molecular weight excluding hydrogens is 144 g/mol. The zero-order valence-corrected chi connectivity index (χ0v) is 6.22. The highest BCUT2D eigenvalue weighted by Crippen LogP contribution is 2.13. The minimum Gasteiger partial charge on any atom is -0.750 e. The molecule has 0 aromatic carbocycles. The lowest BCUT2D eigenvalue weighted by atomic mass is 10.3. The second kappa shape index (κ2) is 2.02. The van der Waals surface area contributed by atoms with Crippen molar-refractivity contribution in [2.45, 2.75) is 13.8 Å². The van der Waals surface area contributed by atoms with Crippen LogP contribution in [-0.2, 0) is 9.91 Å². The molecule has 5 heteroatoms. The summed E-state index contributed by atoms with van der Waals surface area (Å²) in [5.41, 5.74) is 0. The van der Waals surface area contributed by atoms with E-state index < -0.39 is 15.7 Å². The molecule has 9 heavy (non-hydrogen) atoms. The van der Waals surface area contributed by atoms with Gasteiger partial charge in [-0.05, 0) is 5.92 Å². The molecule has 0 aliphatic rings. The lowest BCUT2D eigenvalue weighted by Crippen LogP contribution is -2.36. The van der Waals surface area contributed by atoms with Crippen LogP contribution in [0.15, 0.2) is 0 Å². The quantitative estimate of drug-likeness (QED) is 0.609. The maximum atomic E-state index is 10.2. The third-order valence-electron chi connectivity index (χ3n) is 0.618. The maximum absolute atomic E-state index is 10.2. The summed E-state index contributed by atoms with van der Waals surface area (Å²) in [6.07, 6.45) is 0. The molecule has 0 heterocycles. The van der Waals surface area contributed by atoms with Crippen molar-refractivity contribution in [2.75, 3.05) is 5.75 Å². The Hall–Kier alpha value is 0.0300. The predicted molar refractivity (Wildman–Crippen MR) is 33.9 cm³/mol. The van der Waals surface area contributed by atoms with Gasteiger partial charge in [-0.3, -0.25) is 0 Å². The molecular formula is C4H11O4S-. The number of hydrogen-bond acceptors (Lipinski definition) is 2. The maximum Gasteiger partial charge on any atom is 0.0376 e. The average Bonchev–Trinajstić information content (AvgIpc) is 1.16. The molecule has 0 saturated carbocycles. The lowest BCUT2D eigenvalue weighted by molar-refractivity contribution is 0.269. The first-order valence-corrected chi connectivity index (χ1v) is 4.52. The Bertz CT molecular complexity index is 145. The van der Waals surface area contributed by atoms with Gasteiger partial charge in [0, 0.05) is 15.7 Å². The van der Waals surface area contributed by atoms with E-state index in [9.17, 15) is 8.76 Å². The summed E-state index contributed by atoms with van der Waals surface area (Å²) < 4.78 is 36.7. The minimum absolute atomic E-state index is 0.267. The fourth-order valence-corrected chi connectivity index (χ4v) is 1.71. The van der Waals surface area contributed by atoms with Crippen LogP contribution in [0.2, 0.25) is 0 Å². The Morgan fingerprint density at radius 1 is 1.56 bits per heavy atom.